The van der Waals surface area contributed by atoms with Crippen LogP contribution >= 0.6 is 11.6 Å². The second-order valence-corrected chi connectivity index (χ2v) is 14.6. The Balaban J connectivity index is 1.94. The second-order valence-electron chi connectivity index (χ2n) is 8.74. The summed E-state index contributed by atoms with van der Waals surface area (Å²) in [6.07, 6.45) is -5.07. The first-order valence-corrected chi connectivity index (χ1v) is 18.1. The van der Waals surface area contributed by atoms with Gasteiger partial charge < -0.3 is 0 Å². The number of anilines is 3. The molecule has 4 rings (SSSR count). The fraction of sp³-hybridized carbons (Fsp3) is 0.522. The van der Waals surface area contributed by atoms with E-state index >= 15 is 0 Å². The van der Waals surface area contributed by atoms with Gasteiger partial charge in [-0.3, -0.25) is 0 Å². The Hall–Kier alpha value is -1.00. The number of fused-ring (bicyclic) bond motifs is 3. The first kappa shape index (κ1) is 28.0. The Bertz CT molecular complexity index is 1150. The number of nitrogens with two attached hydrogens (primary N) is 1. The van der Waals surface area contributed by atoms with Crippen molar-refractivity contribution >= 4 is 28.7 Å². The molecule has 1 saturated heterocycles. The number of nitrogens with one attached hydrogen (secondary N) is 3. The molecule has 1 fully saturated rings. The molecule has 3 unspecified atom stereocenters. The summed E-state index contributed by atoms with van der Waals surface area (Å²) in [6.45, 7) is 3.65. The van der Waals surface area contributed by atoms with Crippen molar-refractivity contribution in [2.45, 2.75) is 42.1 Å². The van der Waals surface area contributed by atoms with Gasteiger partial charge in [-0.15, -0.1) is 0 Å². The van der Waals surface area contributed by atoms with E-state index in [4.69, 9.17) is 22.1 Å². The van der Waals surface area contributed by atoms with Crippen molar-refractivity contribution in [2.75, 3.05) is 43.7 Å². The van der Waals surface area contributed by atoms with Gasteiger partial charge in [0.15, 0.2) is 0 Å². The van der Waals surface area contributed by atoms with E-state index in [1.807, 2.05) is 6.92 Å². The van der Waals surface area contributed by atoms with Gasteiger partial charge in [0.25, 0.3) is 0 Å². The van der Waals surface area contributed by atoms with Crippen molar-refractivity contribution in [1.29, 1.82) is 0 Å². The zero-order valence-corrected chi connectivity index (χ0v) is 25.2. The average molecular weight is 756 g/mol. The molecule has 2 aromatic rings. The number of hydrogen-bond acceptors (Lipinski definition) is 6. The molecule has 5 N–H and O–H groups in total. The van der Waals surface area contributed by atoms with Crippen LogP contribution in [0, 0.1) is 12.7 Å². The van der Waals surface area contributed by atoms with E-state index in [0.717, 1.165) is 21.8 Å². The van der Waals surface area contributed by atoms with Crippen LogP contribution in [0.4, 0.5) is 34.6 Å². The van der Waals surface area contributed by atoms with Crippen molar-refractivity contribution in [1.82, 2.24) is 10.3 Å². The number of halogens is 7. The molecule has 3 heterocycles. The number of ether oxygens (including phenoxy) is 1. The zero-order valence-electron chi connectivity index (χ0n) is 20.1. The zero-order chi connectivity index (χ0) is 26.4. The fourth-order valence-corrected chi connectivity index (χ4v) is 11.6. The van der Waals surface area contributed by atoms with E-state index in [1.165, 1.54) is 0 Å². The number of nitrogens with zero attached hydrogens (tertiary/aromatic N) is 1. The van der Waals surface area contributed by atoms with Crippen LogP contribution in [-0.4, -0.2) is 54.5 Å². The molecule has 4 atom stereocenters. The maximum absolute atomic E-state index is 14.4. The SMILES string of the molecule is CNc1c(Cl)c(-c2cc(N)c(F)c(C)c2C(F)(F)F)nc2c1NCC1C[I-]CC(N1)C([I-]C)[C@H](C)O2. The van der Waals surface area contributed by atoms with Crippen LogP contribution in [-0.2, 0) is 6.18 Å². The molecule has 0 radical (unpaired) electrons. The molecule has 36 heavy (non-hydrogen) atoms. The van der Waals surface area contributed by atoms with Crippen LogP contribution in [0.5, 0.6) is 5.88 Å². The molecule has 2 bridgehead atoms. The summed E-state index contributed by atoms with van der Waals surface area (Å²) in [5.74, 6) is -0.949. The maximum atomic E-state index is 14.4. The molecule has 2 aliphatic rings. The van der Waals surface area contributed by atoms with Gasteiger partial charge in [-0.25, -0.2) is 0 Å². The van der Waals surface area contributed by atoms with Crippen molar-refractivity contribution in [3.8, 4) is 17.1 Å². The molecule has 1 aromatic carbocycles. The minimum absolute atomic E-state index is 0.0330. The van der Waals surface area contributed by atoms with Crippen LogP contribution in [0.2, 0.25) is 5.02 Å². The van der Waals surface area contributed by atoms with Gasteiger partial charge in [0.1, 0.15) is 0 Å². The number of rotatable bonds is 3. The molecule has 13 heteroatoms. The van der Waals surface area contributed by atoms with Gasteiger partial charge in [0.2, 0.25) is 0 Å². The molecule has 6 nitrogen and oxygen atoms in total. The number of nitrogen functional groups attached to an aromatic ring is 1. The van der Waals surface area contributed by atoms with E-state index < -0.39 is 28.8 Å². The average Bonchev–Trinajstić information content (AvgIpc) is 2.81. The van der Waals surface area contributed by atoms with Gasteiger partial charge in [-0.2, -0.15) is 0 Å². The molecule has 202 valence electrons. The van der Waals surface area contributed by atoms with Crippen molar-refractivity contribution < 1.29 is 64.7 Å². The summed E-state index contributed by atoms with van der Waals surface area (Å²) >= 11 is 6.57. The third-order valence-electron chi connectivity index (χ3n) is 6.35. The number of pyridine rings is 1. The first-order chi connectivity index (χ1) is 17.0. The predicted molar refractivity (Wildman–Crippen MR) is 127 cm³/mol. The third kappa shape index (κ3) is 5.28. The van der Waals surface area contributed by atoms with Crippen LogP contribution in [0.15, 0.2) is 6.07 Å². The van der Waals surface area contributed by atoms with Crippen molar-refractivity contribution in [3.05, 3.63) is 28.0 Å². The fourth-order valence-electron chi connectivity index (χ4n) is 4.69. The Labute approximate surface area is 233 Å². The molecule has 0 saturated carbocycles. The second kappa shape index (κ2) is 11.0. The first-order valence-electron chi connectivity index (χ1n) is 11.2. The van der Waals surface area contributed by atoms with Crippen LogP contribution in [0.3, 0.4) is 0 Å². The van der Waals surface area contributed by atoms with Crippen LogP contribution < -0.4 is 68.8 Å². The van der Waals surface area contributed by atoms with Gasteiger partial charge in [-0.1, -0.05) is 0 Å². The Kier molecular flexibility index (Phi) is 8.57. The van der Waals surface area contributed by atoms with Gasteiger partial charge in [0.05, 0.1) is 0 Å². The Morgan fingerprint density at radius 1 is 1.33 bits per heavy atom. The number of alkyl halides is 7. The van der Waals surface area contributed by atoms with E-state index in [9.17, 15) is 17.6 Å². The Morgan fingerprint density at radius 2 is 2.06 bits per heavy atom. The van der Waals surface area contributed by atoms with Crippen molar-refractivity contribution in [3.63, 3.8) is 0 Å². The number of aromatic nitrogens is 1. The van der Waals surface area contributed by atoms with E-state index in [1.54, 1.807) is 7.05 Å². The molecule has 0 spiro atoms. The van der Waals surface area contributed by atoms with Gasteiger partial charge in [0, 0.05) is 0 Å². The molecular weight excluding hydrogens is 728 g/mol. The standard InChI is InChI=1S/C23H28ClF4I2N5O/c1-9-15(23(26,27)28)12(5-13(31)17(9)25)19-16(24)20(32-4)21-22(35-19)36-10(2)18(29-3)14-7-30-6-11(34-14)8-33-21/h5,10-11,14,18,33-34H,6-8,31H2,1-4H3,(H,32,35)/q-2/t10-,11?,14?,18?/m0/s1. The van der Waals surface area contributed by atoms with E-state index in [-0.39, 0.29) is 76.7 Å². The van der Waals surface area contributed by atoms with E-state index in [2.05, 4.69) is 25.9 Å². The number of benzene rings is 1. The summed E-state index contributed by atoms with van der Waals surface area (Å²) in [5, 5.41) is 10.1. The summed E-state index contributed by atoms with van der Waals surface area (Å²) < 4.78 is 65.8. The predicted octanol–water partition coefficient (Wildman–Crippen LogP) is -1.80. The molecule has 0 aliphatic carbocycles. The van der Waals surface area contributed by atoms with Crippen LogP contribution in [0.25, 0.3) is 11.3 Å². The van der Waals surface area contributed by atoms with Crippen LogP contribution in [0.1, 0.15) is 18.1 Å². The van der Waals surface area contributed by atoms with Crippen molar-refractivity contribution in [2.24, 2.45) is 0 Å². The minimum atomic E-state index is -4.85. The Morgan fingerprint density at radius 3 is 2.69 bits per heavy atom. The summed E-state index contributed by atoms with van der Waals surface area (Å²) in [4.78, 5) is 6.75. The summed E-state index contributed by atoms with van der Waals surface area (Å²) in [7, 11) is 1.63. The quantitative estimate of drug-likeness (QED) is 0.128. The van der Waals surface area contributed by atoms with E-state index in [0.29, 0.717) is 27.9 Å². The topological polar surface area (TPSA) is 84.2 Å². The molecule has 2 aliphatic heterocycles. The normalized spacial score (nSPS) is 24.7. The third-order valence-corrected chi connectivity index (χ3v) is 13.3. The molecular formula is C23H28ClF4I2N5O-2. The molecule has 1 aromatic heterocycles. The summed E-state index contributed by atoms with van der Waals surface area (Å²) in [5.41, 5.74) is 3.88. The van der Waals surface area contributed by atoms with Gasteiger partial charge >= 0.3 is 235 Å². The number of hydrogen-bond donors (Lipinski definition) is 4. The summed E-state index contributed by atoms with van der Waals surface area (Å²) in [6, 6.07) is 1.59. The molecule has 0 amide bonds. The van der Waals surface area contributed by atoms with Gasteiger partial charge in [-0.05, 0) is 0 Å². The monoisotopic (exact) mass is 755 g/mol.